The Morgan fingerprint density at radius 1 is 1.59 bits per heavy atom. The van der Waals surface area contributed by atoms with Gasteiger partial charge in [-0.2, -0.15) is 5.26 Å². The van der Waals surface area contributed by atoms with Crippen LogP contribution in [0.1, 0.15) is 15.9 Å². The van der Waals surface area contributed by atoms with Crippen molar-refractivity contribution >= 4 is 5.91 Å². The summed E-state index contributed by atoms with van der Waals surface area (Å²) in [7, 11) is 0. The van der Waals surface area contributed by atoms with Gasteiger partial charge in [-0.05, 0) is 18.2 Å². The number of hydrogen-bond acceptors (Lipinski definition) is 3. The quantitative estimate of drug-likeness (QED) is 0.595. The summed E-state index contributed by atoms with van der Waals surface area (Å²) >= 11 is 0. The van der Waals surface area contributed by atoms with Crippen LogP contribution >= 0.6 is 0 Å². The summed E-state index contributed by atoms with van der Waals surface area (Å²) < 4.78 is 5.13. The van der Waals surface area contributed by atoms with Crippen LogP contribution in [0.15, 0.2) is 36.9 Å². The number of nitriles is 1. The minimum absolute atomic E-state index is 0.204. The maximum absolute atomic E-state index is 11.6. The molecule has 0 spiro atoms. The molecule has 0 aliphatic carbocycles. The van der Waals surface area contributed by atoms with Crippen LogP contribution in [0.2, 0.25) is 0 Å². The number of benzene rings is 1. The van der Waals surface area contributed by atoms with Crippen molar-refractivity contribution in [1.29, 1.82) is 5.26 Å². The van der Waals surface area contributed by atoms with Crippen LogP contribution in [-0.2, 0) is 4.74 Å². The van der Waals surface area contributed by atoms with E-state index in [0.717, 1.165) is 0 Å². The van der Waals surface area contributed by atoms with Crippen LogP contribution < -0.4 is 5.32 Å². The van der Waals surface area contributed by atoms with E-state index in [-0.39, 0.29) is 5.91 Å². The SMILES string of the molecule is C=CCOCCNC(=O)c1cccc(C#N)c1. The minimum atomic E-state index is -0.204. The molecule has 0 aliphatic rings. The molecule has 88 valence electrons. The van der Waals surface area contributed by atoms with Gasteiger partial charge in [0.2, 0.25) is 0 Å². The molecule has 0 heterocycles. The molecule has 0 saturated heterocycles. The number of nitrogens with zero attached hydrogens (tertiary/aromatic N) is 1. The molecule has 0 fully saturated rings. The highest BCUT2D eigenvalue weighted by Crippen LogP contribution is 2.03. The molecule has 1 rings (SSSR count). The van der Waals surface area contributed by atoms with Gasteiger partial charge in [0, 0.05) is 12.1 Å². The van der Waals surface area contributed by atoms with Gasteiger partial charge < -0.3 is 10.1 Å². The van der Waals surface area contributed by atoms with Crippen molar-refractivity contribution in [2.75, 3.05) is 19.8 Å². The average molecular weight is 230 g/mol. The van der Waals surface area contributed by atoms with Crippen molar-refractivity contribution < 1.29 is 9.53 Å². The minimum Gasteiger partial charge on any atom is -0.376 e. The van der Waals surface area contributed by atoms with Crippen molar-refractivity contribution in [1.82, 2.24) is 5.32 Å². The monoisotopic (exact) mass is 230 g/mol. The summed E-state index contributed by atoms with van der Waals surface area (Å²) in [5.41, 5.74) is 0.952. The molecule has 0 aromatic heterocycles. The number of nitrogens with one attached hydrogen (secondary N) is 1. The van der Waals surface area contributed by atoms with Gasteiger partial charge in [0.1, 0.15) is 0 Å². The second-order valence-corrected chi connectivity index (χ2v) is 3.31. The smallest absolute Gasteiger partial charge is 0.251 e. The summed E-state index contributed by atoms with van der Waals surface area (Å²) in [6.45, 7) is 4.86. The zero-order valence-electron chi connectivity index (χ0n) is 9.48. The average Bonchev–Trinajstić information content (AvgIpc) is 2.38. The van der Waals surface area contributed by atoms with E-state index in [9.17, 15) is 4.79 Å². The first-order valence-corrected chi connectivity index (χ1v) is 5.25. The molecule has 0 bridgehead atoms. The first-order chi connectivity index (χ1) is 8.27. The van der Waals surface area contributed by atoms with Gasteiger partial charge >= 0.3 is 0 Å². The number of carbonyl (C=O) groups is 1. The molecule has 1 aromatic carbocycles. The van der Waals surface area contributed by atoms with Crippen molar-refractivity contribution in [3.05, 3.63) is 48.0 Å². The zero-order valence-corrected chi connectivity index (χ0v) is 9.48. The van der Waals surface area contributed by atoms with Crippen LogP contribution in [0.3, 0.4) is 0 Å². The summed E-state index contributed by atoms with van der Waals surface area (Å²) in [6.07, 6.45) is 1.65. The highest BCUT2D eigenvalue weighted by Gasteiger charge is 2.04. The fraction of sp³-hybridized carbons (Fsp3) is 0.231. The van der Waals surface area contributed by atoms with E-state index in [0.29, 0.717) is 30.9 Å². The van der Waals surface area contributed by atoms with Gasteiger partial charge in [0.05, 0.1) is 24.8 Å². The molecular formula is C13H14N2O2. The predicted octanol–water partition coefficient (Wildman–Crippen LogP) is 1.49. The van der Waals surface area contributed by atoms with Gasteiger partial charge in [-0.25, -0.2) is 0 Å². The summed E-state index contributed by atoms with van der Waals surface area (Å²) in [4.78, 5) is 11.6. The second kappa shape index (κ2) is 7.20. The van der Waals surface area contributed by atoms with E-state index in [4.69, 9.17) is 10.00 Å². The van der Waals surface area contributed by atoms with Crippen LogP contribution in [-0.4, -0.2) is 25.7 Å². The fourth-order valence-corrected chi connectivity index (χ4v) is 1.24. The standard InChI is InChI=1S/C13H14N2O2/c1-2-7-17-8-6-15-13(16)12-5-3-4-11(9-12)10-14/h2-5,9H,1,6-8H2,(H,15,16). The number of carbonyl (C=O) groups excluding carboxylic acids is 1. The molecule has 0 atom stereocenters. The van der Waals surface area contributed by atoms with E-state index in [1.807, 2.05) is 6.07 Å². The lowest BCUT2D eigenvalue weighted by molar-refractivity contribution is 0.0928. The molecule has 0 saturated carbocycles. The molecule has 17 heavy (non-hydrogen) atoms. The molecule has 0 aliphatic heterocycles. The van der Waals surface area contributed by atoms with Crippen LogP contribution in [0, 0.1) is 11.3 Å². The first kappa shape index (κ1) is 12.9. The van der Waals surface area contributed by atoms with Crippen LogP contribution in [0.4, 0.5) is 0 Å². The Morgan fingerprint density at radius 3 is 3.12 bits per heavy atom. The highest BCUT2D eigenvalue weighted by atomic mass is 16.5. The van der Waals surface area contributed by atoms with Crippen molar-refractivity contribution in [2.24, 2.45) is 0 Å². The van der Waals surface area contributed by atoms with Crippen molar-refractivity contribution in [3.8, 4) is 6.07 Å². The molecule has 0 unspecified atom stereocenters. The maximum Gasteiger partial charge on any atom is 0.251 e. The van der Waals surface area contributed by atoms with Gasteiger partial charge in [0.15, 0.2) is 0 Å². The number of amides is 1. The Kier molecular flexibility index (Phi) is 5.49. The normalized spacial score (nSPS) is 9.35. The summed E-state index contributed by atoms with van der Waals surface area (Å²) in [5.74, 6) is -0.204. The second-order valence-electron chi connectivity index (χ2n) is 3.31. The largest absolute Gasteiger partial charge is 0.376 e. The Balaban J connectivity index is 2.41. The van der Waals surface area contributed by atoms with Crippen molar-refractivity contribution in [2.45, 2.75) is 0 Å². The zero-order chi connectivity index (χ0) is 12.5. The van der Waals surface area contributed by atoms with E-state index in [1.54, 1.807) is 30.3 Å². The fourth-order valence-electron chi connectivity index (χ4n) is 1.24. The molecular weight excluding hydrogens is 216 g/mol. The summed E-state index contributed by atoms with van der Waals surface area (Å²) in [6, 6.07) is 8.55. The maximum atomic E-state index is 11.6. The number of hydrogen-bond donors (Lipinski definition) is 1. The van der Waals surface area contributed by atoms with Crippen molar-refractivity contribution in [3.63, 3.8) is 0 Å². The van der Waals surface area contributed by atoms with Crippen LogP contribution in [0.25, 0.3) is 0 Å². The van der Waals surface area contributed by atoms with E-state index >= 15 is 0 Å². The molecule has 1 aromatic rings. The molecule has 4 heteroatoms. The van der Waals surface area contributed by atoms with Gasteiger partial charge in [0.25, 0.3) is 5.91 Å². The molecule has 1 amide bonds. The lowest BCUT2D eigenvalue weighted by Crippen LogP contribution is -2.27. The number of ether oxygens (including phenoxy) is 1. The lowest BCUT2D eigenvalue weighted by atomic mass is 10.1. The molecule has 4 nitrogen and oxygen atoms in total. The van der Waals surface area contributed by atoms with Gasteiger partial charge in [-0.15, -0.1) is 6.58 Å². The Morgan fingerprint density at radius 2 is 2.41 bits per heavy atom. The molecule has 0 radical (unpaired) electrons. The third kappa shape index (κ3) is 4.49. The highest BCUT2D eigenvalue weighted by molar-refractivity contribution is 5.94. The van der Waals surface area contributed by atoms with E-state index in [1.165, 1.54) is 0 Å². The Bertz CT molecular complexity index is 435. The van der Waals surface area contributed by atoms with Gasteiger partial charge in [-0.1, -0.05) is 12.1 Å². The van der Waals surface area contributed by atoms with E-state index < -0.39 is 0 Å². The van der Waals surface area contributed by atoms with Crippen LogP contribution in [0.5, 0.6) is 0 Å². The Labute approximate surface area is 101 Å². The third-order valence-electron chi connectivity index (χ3n) is 2.02. The summed E-state index contributed by atoms with van der Waals surface area (Å²) in [5, 5.41) is 11.4. The van der Waals surface area contributed by atoms with Gasteiger partial charge in [-0.3, -0.25) is 4.79 Å². The molecule has 1 N–H and O–H groups in total. The van der Waals surface area contributed by atoms with E-state index in [2.05, 4.69) is 11.9 Å². The predicted molar refractivity (Wildman–Crippen MR) is 64.5 cm³/mol. The topological polar surface area (TPSA) is 62.1 Å². The first-order valence-electron chi connectivity index (χ1n) is 5.25. The Hall–Kier alpha value is -2.12. The third-order valence-corrected chi connectivity index (χ3v) is 2.02. The lowest BCUT2D eigenvalue weighted by Gasteiger charge is -2.05. The number of rotatable bonds is 6.